The van der Waals surface area contributed by atoms with Crippen LogP contribution < -0.4 is 5.56 Å². The lowest BCUT2D eigenvalue weighted by Gasteiger charge is -2.12. The van der Waals surface area contributed by atoms with Crippen molar-refractivity contribution in [2.24, 2.45) is 0 Å². The molecule has 1 N–H and O–H groups in total. The number of halogens is 1. The van der Waals surface area contributed by atoms with Crippen LogP contribution in [0, 0.1) is 13.8 Å². The third-order valence-corrected chi connectivity index (χ3v) is 3.46. The number of aromatic nitrogens is 2. The fraction of sp³-hybridized carbons (Fsp3) is 0.357. The molecule has 0 aliphatic heterocycles. The Labute approximate surface area is 120 Å². The topological polar surface area (TPSA) is 72.0 Å². The number of hydrogen-bond acceptors (Lipinski definition) is 4. The van der Waals surface area contributed by atoms with Crippen LogP contribution in [0.3, 0.4) is 0 Å². The molecule has 0 saturated heterocycles. The molecule has 1 heterocycles. The molecule has 1 aromatic heterocycles. The van der Waals surface area contributed by atoms with Crippen LogP contribution in [0.25, 0.3) is 10.8 Å². The van der Waals surface area contributed by atoms with Crippen LogP contribution >= 0.6 is 11.6 Å². The van der Waals surface area contributed by atoms with Gasteiger partial charge < -0.3 is 4.74 Å². The molecule has 0 spiro atoms. The van der Waals surface area contributed by atoms with E-state index in [9.17, 15) is 9.59 Å². The monoisotopic (exact) mass is 294 g/mol. The molecule has 2 aromatic rings. The smallest absolute Gasteiger partial charge is 0.338 e. The summed E-state index contributed by atoms with van der Waals surface area (Å²) in [5.41, 5.74) is 2.01. The minimum Gasteiger partial charge on any atom is -0.462 e. The summed E-state index contributed by atoms with van der Waals surface area (Å²) in [6, 6.07) is 1.76. The van der Waals surface area contributed by atoms with Crippen molar-refractivity contribution in [3.05, 3.63) is 38.8 Å². The second-order valence-electron chi connectivity index (χ2n) is 4.47. The third kappa shape index (κ3) is 2.29. The normalized spacial score (nSPS) is 10.8. The number of aryl methyl sites for hydroxylation is 2. The van der Waals surface area contributed by atoms with Gasteiger partial charge in [-0.1, -0.05) is 0 Å². The van der Waals surface area contributed by atoms with Crippen molar-refractivity contribution >= 4 is 28.3 Å². The fourth-order valence-electron chi connectivity index (χ4n) is 2.36. The van der Waals surface area contributed by atoms with E-state index < -0.39 is 5.97 Å². The van der Waals surface area contributed by atoms with Gasteiger partial charge in [-0.2, -0.15) is 5.10 Å². The number of aromatic amines is 1. The van der Waals surface area contributed by atoms with Crippen molar-refractivity contribution in [3.63, 3.8) is 0 Å². The second kappa shape index (κ2) is 5.63. The molecule has 0 aliphatic rings. The van der Waals surface area contributed by atoms with Gasteiger partial charge in [0.25, 0.3) is 5.56 Å². The molecule has 0 unspecified atom stereocenters. The molecule has 0 aliphatic carbocycles. The van der Waals surface area contributed by atoms with Gasteiger partial charge in [0, 0.05) is 5.39 Å². The van der Waals surface area contributed by atoms with Gasteiger partial charge in [-0.05, 0) is 38.0 Å². The van der Waals surface area contributed by atoms with Crippen molar-refractivity contribution in [1.82, 2.24) is 10.2 Å². The Hall–Kier alpha value is -1.88. The van der Waals surface area contributed by atoms with Gasteiger partial charge in [-0.25, -0.2) is 9.89 Å². The first kappa shape index (κ1) is 14.5. The van der Waals surface area contributed by atoms with E-state index in [1.165, 1.54) is 0 Å². The van der Waals surface area contributed by atoms with E-state index in [4.69, 9.17) is 16.3 Å². The molecule has 0 saturated carbocycles. The first-order chi connectivity index (χ1) is 9.51. The largest absolute Gasteiger partial charge is 0.462 e. The number of esters is 1. The molecule has 106 valence electrons. The highest BCUT2D eigenvalue weighted by Crippen LogP contribution is 2.25. The van der Waals surface area contributed by atoms with Crippen molar-refractivity contribution < 1.29 is 9.53 Å². The molecule has 20 heavy (non-hydrogen) atoms. The summed E-state index contributed by atoms with van der Waals surface area (Å²) < 4.78 is 5.04. The lowest BCUT2D eigenvalue weighted by Crippen LogP contribution is -2.16. The number of benzene rings is 1. The molecule has 0 amide bonds. The predicted molar refractivity (Wildman–Crippen MR) is 77.4 cm³/mol. The maximum Gasteiger partial charge on any atom is 0.338 e. The number of carbonyl (C=O) groups is 1. The van der Waals surface area contributed by atoms with Crippen LogP contribution in [0.15, 0.2) is 10.9 Å². The Kier molecular flexibility index (Phi) is 4.09. The molecule has 2 rings (SSSR count). The van der Waals surface area contributed by atoms with Gasteiger partial charge in [0.1, 0.15) is 0 Å². The Morgan fingerprint density at radius 3 is 2.75 bits per heavy atom. The van der Waals surface area contributed by atoms with Crippen molar-refractivity contribution in [2.75, 3.05) is 6.61 Å². The standard InChI is InChI=1S/C14H15ClN2O3/c1-4-20-14(19)11-7(2)5-9-10(6-15)16-17-13(18)12(9)8(11)3/h5H,4,6H2,1-3H3,(H,17,18). The first-order valence-corrected chi connectivity index (χ1v) is 6.79. The summed E-state index contributed by atoms with van der Waals surface area (Å²) in [7, 11) is 0. The van der Waals surface area contributed by atoms with Crippen LogP contribution in [0.5, 0.6) is 0 Å². The van der Waals surface area contributed by atoms with Crippen LogP contribution in [0.2, 0.25) is 0 Å². The summed E-state index contributed by atoms with van der Waals surface area (Å²) in [6.45, 7) is 5.56. The number of nitrogens with zero attached hydrogens (tertiary/aromatic N) is 1. The number of carbonyl (C=O) groups excluding carboxylic acids is 1. The predicted octanol–water partition coefficient (Wildman–Crippen LogP) is 2.46. The van der Waals surface area contributed by atoms with Crippen LogP contribution in [-0.2, 0) is 10.6 Å². The van der Waals surface area contributed by atoms with E-state index in [1.54, 1.807) is 26.8 Å². The maximum atomic E-state index is 12.0. The number of alkyl halides is 1. The zero-order chi connectivity index (χ0) is 14.9. The first-order valence-electron chi connectivity index (χ1n) is 6.25. The van der Waals surface area contributed by atoms with Crippen molar-refractivity contribution in [1.29, 1.82) is 0 Å². The highest BCUT2D eigenvalue weighted by Gasteiger charge is 2.19. The minimum absolute atomic E-state index is 0.185. The molecule has 0 bridgehead atoms. The number of H-pyrrole nitrogens is 1. The number of ether oxygens (including phenoxy) is 1. The van der Waals surface area contributed by atoms with Crippen LogP contribution in [0.4, 0.5) is 0 Å². The lowest BCUT2D eigenvalue weighted by atomic mass is 9.96. The van der Waals surface area contributed by atoms with Gasteiger partial charge in [0.15, 0.2) is 0 Å². The Bertz CT molecular complexity index is 737. The summed E-state index contributed by atoms with van der Waals surface area (Å²) in [6.07, 6.45) is 0. The summed E-state index contributed by atoms with van der Waals surface area (Å²) in [5.74, 6) is -0.238. The molecule has 5 nitrogen and oxygen atoms in total. The van der Waals surface area contributed by atoms with Gasteiger partial charge in [0.05, 0.1) is 29.1 Å². The Morgan fingerprint density at radius 1 is 1.45 bits per heavy atom. The number of fused-ring (bicyclic) bond motifs is 1. The maximum absolute atomic E-state index is 12.0. The van der Waals surface area contributed by atoms with E-state index >= 15 is 0 Å². The van der Waals surface area contributed by atoms with Crippen molar-refractivity contribution in [3.8, 4) is 0 Å². The van der Waals surface area contributed by atoms with E-state index in [0.717, 1.165) is 5.56 Å². The van der Waals surface area contributed by atoms with Crippen LogP contribution in [-0.4, -0.2) is 22.8 Å². The van der Waals surface area contributed by atoms with Gasteiger partial charge >= 0.3 is 5.97 Å². The average molecular weight is 295 g/mol. The average Bonchev–Trinajstić information content (AvgIpc) is 2.39. The van der Waals surface area contributed by atoms with E-state index in [0.29, 0.717) is 27.6 Å². The van der Waals surface area contributed by atoms with E-state index in [1.807, 2.05) is 0 Å². The molecular weight excluding hydrogens is 280 g/mol. The Balaban J connectivity index is 2.85. The number of rotatable bonds is 3. The van der Waals surface area contributed by atoms with Gasteiger partial charge in [0.2, 0.25) is 0 Å². The van der Waals surface area contributed by atoms with E-state index in [-0.39, 0.29) is 18.0 Å². The van der Waals surface area contributed by atoms with Crippen molar-refractivity contribution in [2.45, 2.75) is 26.7 Å². The summed E-state index contributed by atoms with van der Waals surface area (Å²) in [4.78, 5) is 24.0. The summed E-state index contributed by atoms with van der Waals surface area (Å²) >= 11 is 5.84. The van der Waals surface area contributed by atoms with E-state index in [2.05, 4.69) is 10.2 Å². The fourth-order valence-corrected chi connectivity index (χ4v) is 2.56. The molecule has 1 aromatic carbocycles. The highest BCUT2D eigenvalue weighted by molar-refractivity contribution is 6.18. The van der Waals surface area contributed by atoms with Crippen LogP contribution in [0.1, 0.15) is 34.1 Å². The molecule has 6 heteroatoms. The Morgan fingerprint density at radius 2 is 2.15 bits per heavy atom. The van der Waals surface area contributed by atoms with Gasteiger partial charge in [-0.15, -0.1) is 11.6 Å². The zero-order valence-electron chi connectivity index (χ0n) is 11.5. The number of nitrogens with one attached hydrogen (secondary N) is 1. The SMILES string of the molecule is CCOC(=O)c1c(C)cc2c(CCl)n[nH]c(=O)c2c1C. The zero-order valence-corrected chi connectivity index (χ0v) is 12.3. The molecule has 0 fully saturated rings. The molecular formula is C14H15ClN2O3. The molecule has 0 atom stereocenters. The quantitative estimate of drug-likeness (QED) is 0.697. The summed E-state index contributed by atoms with van der Waals surface area (Å²) in [5, 5.41) is 7.45. The number of hydrogen-bond donors (Lipinski definition) is 1. The molecule has 0 radical (unpaired) electrons. The highest BCUT2D eigenvalue weighted by atomic mass is 35.5. The third-order valence-electron chi connectivity index (χ3n) is 3.21. The van der Waals surface area contributed by atoms with Gasteiger partial charge in [-0.3, -0.25) is 4.79 Å². The lowest BCUT2D eigenvalue weighted by molar-refractivity contribution is 0.0525. The minimum atomic E-state index is -0.423. The second-order valence-corrected chi connectivity index (χ2v) is 4.74.